The first-order chi connectivity index (χ1) is 9.04. The lowest BCUT2D eigenvalue weighted by molar-refractivity contribution is -0.138. The van der Waals surface area contributed by atoms with E-state index in [2.05, 4.69) is 6.58 Å². The van der Waals surface area contributed by atoms with E-state index in [-0.39, 0.29) is 11.7 Å². The zero-order valence-corrected chi connectivity index (χ0v) is 11.5. The number of esters is 1. The summed E-state index contributed by atoms with van der Waals surface area (Å²) in [6.07, 6.45) is 0.970. The molecule has 0 saturated heterocycles. The Kier molecular flexibility index (Phi) is 6.00. The van der Waals surface area contributed by atoms with E-state index in [1.165, 1.54) is 0 Å². The lowest BCUT2D eigenvalue weighted by Gasteiger charge is -2.14. The minimum atomic E-state index is -0.415. The van der Waals surface area contributed by atoms with Crippen LogP contribution in [0.25, 0.3) is 0 Å². The highest BCUT2D eigenvalue weighted by atomic mass is 16.5. The van der Waals surface area contributed by atoms with Gasteiger partial charge in [-0.15, -0.1) is 0 Å². The predicted octanol–water partition coefficient (Wildman–Crippen LogP) is 2.94. The van der Waals surface area contributed by atoms with Crippen molar-refractivity contribution in [2.24, 2.45) is 5.92 Å². The van der Waals surface area contributed by atoms with Gasteiger partial charge in [0.1, 0.15) is 5.78 Å². The van der Waals surface area contributed by atoms with Crippen molar-refractivity contribution < 1.29 is 14.3 Å². The van der Waals surface area contributed by atoms with Crippen LogP contribution in [0.15, 0.2) is 42.5 Å². The average Bonchev–Trinajstić information content (AvgIpc) is 2.39. The van der Waals surface area contributed by atoms with Gasteiger partial charge in [-0.2, -0.15) is 0 Å². The monoisotopic (exact) mass is 260 g/mol. The summed E-state index contributed by atoms with van der Waals surface area (Å²) in [6, 6.07) is 9.76. The summed E-state index contributed by atoms with van der Waals surface area (Å²) in [5, 5.41) is 0. The third kappa shape index (κ3) is 5.08. The molecule has 0 aliphatic heterocycles. The van der Waals surface area contributed by atoms with Gasteiger partial charge >= 0.3 is 5.97 Å². The van der Waals surface area contributed by atoms with Gasteiger partial charge in [-0.3, -0.25) is 4.79 Å². The largest absolute Gasteiger partial charge is 0.463 e. The van der Waals surface area contributed by atoms with Gasteiger partial charge in [0.05, 0.1) is 6.61 Å². The van der Waals surface area contributed by atoms with Gasteiger partial charge in [0.25, 0.3) is 0 Å². The van der Waals surface area contributed by atoms with E-state index in [4.69, 9.17) is 4.74 Å². The molecule has 1 unspecified atom stereocenters. The van der Waals surface area contributed by atoms with Gasteiger partial charge in [-0.1, -0.05) is 36.9 Å². The molecule has 0 aliphatic carbocycles. The van der Waals surface area contributed by atoms with Crippen molar-refractivity contribution in [2.45, 2.75) is 26.7 Å². The summed E-state index contributed by atoms with van der Waals surface area (Å²) in [4.78, 5) is 23.2. The smallest absolute Gasteiger partial charge is 0.333 e. The minimum absolute atomic E-state index is 0.0642. The average molecular weight is 260 g/mol. The highest BCUT2D eigenvalue weighted by Crippen LogP contribution is 2.18. The number of ketones is 1. The van der Waals surface area contributed by atoms with Gasteiger partial charge in [0, 0.05) is 11.5 Å². The fourth-order valence-corrected chi connectivity index (χ4v) is 1.87. The van der Waals surface area contributed by atoms with Crippen LogP contribution < -0.4 is 0 Å². The predicted molar refractivity (Wildman–Crippen MR) is 74.7 cm³/mol. The molecule has 0 bridgehead atoms. The number of hydrogen-bond donors (Lipinski definition) is 0. The van der Waals surface area contributed by atoms with Crippen LogP contribution in [0.2, 0.25) is 0 Å². The molecule has 19 heavy (non-hydrogen) atoms. The maximum absolute atomic E-state index is 11.7. The number of hydrogen-bond acceptors (Lipinski definition) is 3. The second-order valence-corrected chi connectivity index (χ2v) is 4.53. The van der Waals surface area contributed by atoms with Crippen molar-refractivity contribution in [1.82, 2.24) is 0 Å². The van der Waals surface area contributed by atoms with Gasteiger partial charge in [0.15, 0.2) is 0 Å². The fourth-order valence-electron chi connectivity index (χ4n) is 1.87. The molecule has 0 heterocycles. The Morgan fingerprint density at radius 2 is 1.89 bits per heavy atom. The molecule has 0 amide bonds. The molecule has 0 fully saturated rings. The zero-order valence-electron chi connectivity index (χ0n) is 11.5. The lowest BCUT2D eigenvalue weighted by Crippen LogP contribution is -2.18. The molecule has 0 radical (unpaired) electrons. The summed E-state index contributed by atoms with van der Waals surface area (Å²) in [7, 11) is 0. The topological polar surface area (TPSA) is 43.4 Å². The molecule has 1 aromatic rings. The molecule has 3 nitrogen and oxygen atoms in total. The molecule has 0 N–H and O–H groups in total. The molecule has 0 aromatic heterocycles. The summed E-state index contributed by atoms with van der Waals surface area (Å²) in [5.41, 5.74) is 1.44. The fraction of sp³-hybridized carbons (Fsp3) is 0.375. The molecule has 3 heteroatoms. The van der Waals surface area contributed by atoms with Crippen molar-refractivity contribution in [3.8, 4) is 0 Å². The van der Waals surface area contributed by atoms with E-state index in [0.717, 1.165) is 5.56 Å². The van der Waals surface area contributed by atoms with Crippen LogP contribution in [-0.4, -0.2) is 18.4 Å². The van der Waals surface area contributed by atoms with E-state index in [0.29, 0.717) is 25.0 Å². The normalized spacial score (nSPS) is 11.7. The van der Waals surface area contributed by atoms with Gasteiger partial charge < -0.3 is 4.74 Å². The Morgan fingerprint density at radius 1 is 1.26 bits per heavy atom. The van der Waals surface area contributed by atoms with E-state index in [1.807, 2.05) is 30.3 Å². The quantitative estimate of drug-likeness (QED) is 0.559. The Labute approximate surface area is 114 Å². The first-order valence-corrected chi connectivity index (χ1v) is 6.43. The number of benzene rings is 1. The van der Waals surface area contributed by atoms with E-state index in [1.54, 1.807) is 13.8 Å². The van der Waals surface area contributed by atoms with Crippen LogP contribution in [0.3, 0.4) is 0 Å². The van der Waals surface area contributed by atoms with Crippen molar-refractivity contribution in [2.75, 3.05) is 6.61 Å². The third-order valence-electron chi connectivity index (χ3n) is 2.96. The maximum atomic E-state index is 11.7. The van der Waals surface area contributed by atoms with E-state index < -0.39 is 5.97 Å². The molecule has 1 aromatic carbocycles. The second-order valence-electron chi connectivity index (χ2n) is 4.53. The third-order valence-corrected chi connectivity index (χ3v) is 2.96. The Morgan fingerprint density at radius 3 is 2.42 bits per heavy atom. The molecule has 102 valence electrons. The molecule has 0 spiro atoms. The van der Waals surface area contributed by atoms with Crippen LogP contribution in [0.1, 0.15) is 25.8 Å². The first-order valence-electron chi connectivity index (χ1n) is 6.43. The van der Waals surface area contributed by atoms with Gasteiger partial charge in [-0.25, -0.2) is 4.79 Å². The van der Waals surface area contributed by atoms with E-state index in [9.17, 15) is 9.59 Å². The number of rotatable bonds is 7. The van der Waals surface area contributed by atoms with Gasteiger partial charge in [0.2, 0.25) is 0 Å². The van der Waals surface area contributed by atoms with E-state index >= 15 is 0 Å². The molecular formula is C16H20O3. The molecular weight excluding hydrogens is 240 g/mol. The molecule has 1 atom stereocenters. The van der Waals surface area contributed by atoms with Crippen LogP contribution in [-0.2, 0) is 20.7 Å². The molecule has 1 rings (SSSR count). The summed E-state index contributed by atoms with van der Waals surface area (Å²) in [5.74, 6) is -0.574. The maximum Gasteiger partial charge on any atom is 0.333 e. The molecule has 0 aliphatic rings. The van der Waals surface area contributed by atoms with Crippen molar-refractivity contribution in [3.63, 3.8) is 0 Å². The number of Topliss-reactive ketones (excluding diaryl/α,β-unsaturated/α-hetero) is 1. The standard InChI is InChI=1S/C16H20O3/c1-4-19-16(18)12(2)10-15(13(3)17)11-14-8-6-5-7-9-14/h5-9,15H,2,4,10-11H2,1,3H3. The Hall–Kier alpha value is -1.90. The van der Waals surface area contributed by atoms with Crippen LogP contribution in [0.5, 0.6) is 0 Å². The van der Waals surface area contributed by atoms with Gasteiger partial charge in [-0.05, 0) is 32.3 Å². The van der Waals surface area contributed by atoms with Crippen molar-refractivity contribution in [3.05, 3.63) is 48.0 Å². The van der Waals surface area contributed by atoms with Crippen LogP contribution >= 0.6 is 0 Å². The lowest BCUT2D eigenvalue weighted by atomic mass is 9.90. The zero-order chi connectivity index (χ0) is 14.3. The number of carbonyl (C=O) groups excluding carboxylic acids is 2. The summed E-state index contributed by atoms with van der Waals surface area (Å²) >= 11 is 0. The molecule has 0 saturated carbocycles. The second kappa shape index (κ2) is 7.52. The summed E-state index contributed by atoms with van der Waals surface area (Å²) < 4.78 is 4.88. The Balaban J connectivity index is 2.66. The highest BCUT2D eigenvalue weighted by molar-refractivity contribution is 5.89. The number of carbonyl (C=O) groups is 2. The number of ether oxygens (including phenoxy) is 1. The van der Waals surface area contributed by atoms with Crippen molar-refractivity contribution in [1.29, 1.82) is 0 Å². The summed E-state index contributed by atoms with van der Waals surface area (Å²) in [6.45, 7) is 7.33. The van der Waals surface area contributed by atoms with Crippen LogP contribution in [0, 0.1) is 5.92 Å². The highest BCUT2D eigenvalue weighted by Gasteiger charge is 2.19. The van der Waals surface area contributed by atoms with Crippen molar-refractivity contribution >= 4 is 11.8 Å². The minimum Gasteiger partial charge on any atom is -0.463 e. The van der Waals surface area contributed by atoms with Crippen LogP contribution in [0.4, 0.5) is 0 Å². The first kappa shape index (κ1) is 15.2. The Bertz CT molecular complexity index is 448. The SMILES string of the molecule is C=C(CC(Cc1ccccc1)C(C)=O)C(=O)OCC.